The van der Waals surface area contributed by atoms with Crippen LogP contribution in [0.4, 0.5) is 0 Å². The van der Waals surface area contributed by atoms with E-state index in [2.05, 4.69) is 26.6 Å². The molecule has 20 heavy (non-hydrogen) atoms. The molecule has 1 aromatic carbocycles. The average Bonchev–Trinajstić information content (AvgIpc) is 2.91. The van der Waals surface area contributed by atoms with Gasteiger partial charge in [-0.15, -0.1) is 0 Å². The Bertz CT molecular complexity index is 488. The summed E-state index contributed by atoms with van der Waals surface area (Å²) in [4.78, 5) is 12.7. The number of halogens is 1. The van der Waals surface area contributed by atoms with Gasteiger partial charge < -0.3 is 10.6 Å². The fraction of sp³-hybridized carbons (Fsp3) is 0.562. The molecule has 1 aromatic rings. The Kier molecular flexibility index (Phi) is 4.13. The molecule has 3 rings (SSSR count). The van der Waals surface area contributed by atoms with Crippen molar-refractivity contribution in [3.8, 4) is 0 Å². The predicted molar refractivity (Wildman–Crippen MR) is 83.2 cm³/mol. The van der Waals surface area contributed by atoms with Crippen molar-refractivity contribution in [2.75, 3.05) is 13.1 Å². The monoisotopic (exact) mass is 336 g/mol. The standard InChI is InChI=1S/C16H21BrN2O/c17-14-6-4-12(5-7-14)9-19-15(20)16-8-2-1-3-13(16)10-18-11-16/h4-7,13,18H,1-3,8-11H2,(H,19,20)/t13-,16+/m0/s1. The topological polar surface area (TPSA) is 41.1 Å². The highest BCUT2D eigenvalue weighted by atomic mass is 79.9. The number of hydrogen-bond acceptors (Lipinski definition) is 2. The van der Waals surface area contributed by atoms with E-state index >= 15 is 0 Å². The lowest BCUT2D eigenvalue weighted by molar-refractivity contribution is -0.134. The predicted octanol–water partition coefficient (Wildman–Crippen LogP) is 2.85. The highest BCUT2D eigenvalue weighted by Gasteiger charge is 2.49. The van der Waals surface area contributed by atoms with Crippen molar-refractivity contribution in [3.05, 3.63) is 34.3 Å². The third-order valence-corrected chi connectivity index (χ3v) is 5.39. The lowest BCUT2D eigenvalue weighted by Gasteiger charge is -2.37. The SMILES string of the molecule is O=C(NCc1ccc(Br)cc1)[C@@]12CCCC[C@H]1CNC2. The third kappa shape index (κ3) is 2.63. The summed E-state index contributed by atoms with van der Waals surface area (Å²) >= 11 is 3.43. The molecule has 1 amide bonds. The van der Waals surface area contributed by atoms with Gasteiger partial charge in [0.1, 0.15) is 0 Å². The molecule has 1 aliphatic carbocycles. The summed E-state index contributed by atoms with van der Waals surface area (Å²) in [5.74, 6) is 0.774. The molecule has 0 unspecified atom stereocenters. The van der Waals surface area contributed by atoms with Crippen LogP contribution in [0.5, 0.6) is 0 Å². The van der Waals surface area contributed by atoms with E-state index in [9.17, 15) is 4.79 Å². The Hall–Kier alpha value is -0.870. The summed E-state index contributed by atoms with van der Waals surface area (Å²) in [6.07, 6.45) is 4.69. The number of benzene rings is 1. The number of carbonyl (C=O) groups is 1. The number of nitrogens with one attached hydrogen (secondary N) is 2. The van der Waals surface area contributed by atoms with Crippen LogP contribution >= 0.6 is 15.9 Å². The molecule has 1 aliphatic heterocycles. The molecule has 0 spiro atoms. The minimum Gasteiger partial charge on any atom is -0.351 e. The van der Waals surface area contributed by atoms with Gasteiger partial charge in [-0.1, -0.05) is 40.9 Å². The van der Waals surface area contributed by atoms with Crippen molar-refractivity contribution >= 4 is 21.8 Å². The second-order valence-corrected chi connectivity index (χ2v) is 6.95. The largest absolute Gasteiger partial charge is 0.351 e. The van der Waals surface area contributed by atoms with Crippen LogP contribution in [0.1, 0.15) is 31.2 Å². The van der Waals surface area contributed by atoms with Crippen LogP contribution in [0.3, 0.4) is 0 Å². The Morgan fingerprint density at radius 1 is 1.35 bits per heavy atom. The first-order valence-corrected chi connectivity index (χ1v) is 8.23. The quantitative estimate of drug-likeness (QED) is 0.891. The van der Waals surface area contributed by atoms with E-state index in [0.717, 1.165) is 29.5 Å². The molecule has 108 valence electrons. The Labute approximate surface area is 128 Å². The van der Waals surface area contributed by atoms with Crippen molar-refractivity contribution in [2.45, 2.75) is 32.2 Å². The van der Waals surface area contributed by atoms with Crippen LogP contribution in [0, 0.1) is 11.3 Å². The number of fused-ring (bicyclic) bond motifs is 1. The van der Waals surface area contributed by atoms with E-state index in [0.29, 0.717) is 12.5 Å². The number of hydrogen-bond donors (Lipinski definition) is 2. The Morgan fingerprint density at radius 2 is 2.15 bits per heavy atom. The first-order chi connectivity index (χ1) is 9.71. The maximum atomic E-state index is 12.7. The van der Waals surface area contributed by atoms with Gasteiger partial charge in [-0.2, -0.15) is 0 Å². The molecule has 2 aliphatic rings. The summed E-state index contributed by atoms with van der Waals surface area (Å²) in [6, 6.07) is 8.13. The lowest BCUT2D eigenvalue weighted by atomic mass is 9.67. The minimum atomic E-state index is -0.145. The highest BCUT2D eigenvalue weighted by molar-refractivity contribution is 9.10. The summed E-state index contributed by atoms with van der Waals surface area (Å²) in [5, 5.41) is 6.58. The van der Waals surface area contributed by atoms with Crippen LogP contribution < -0.4 is 10.6 Å². The fourth-order valence-corrected chi connectivity index (χ4v) is 3.92. The van der Waals surface area contributed by atoms with Crippen molar-refractivity contribution in [3.63, 3.8) is 0 Å². The molecule has 2 fully saturated rings. The van der Waals surface area contributed by atoms with E-state index in [4.69, 9.17) is 0 Å². The van der Waals surface area contributed by atoms with Gasteiger partial charge in [0.2, 0.25) is 5.91 Å². The zero-order valence-corrected chi connectivity index (χ0v) is 13.2. The molecular formula is C16H21BrN2O. The van der Waals surface area contributed by atoms with E-state index in [1.54, 1.807) is 0 Å². The van der Waals surface area contributed by atoms with Crippen molar-refractivity contribution < 1.29 is 4.79 Å². The second kappa shape index (κ2) is 5.86. The molecule has 2 atom stereocenters. The maximum Gasteiger partial charge on any atom is 0.228 e. The number of carbonyl (C=O) groups excluding carboxylic acids is 1. The summed E-state index contributed by atoms with van der Waals surface area (Å²) in [5.41, 5.74) is 1.00. The molecule has 2 N–H and O–H groups in total. The van der Waals surface area contributed by atoms with Gasteiger partial charge in [0, 0.05) is 17.6 Å². The van der Waals surface area contributed by atoms with Gasteiger partial charge in [-0.3, -0.25) is 4.79 Å². The van der Waals surface area contributed by atoms with E-state index in [1.165, 1.54) is 19.3 Å². The summed E-state index contributed by atoms with van der Waals surface area (Å²) in [6.45, 7) is 2.48. The van der Waals surface area contributed by atoms with Crippen LogP contribution in [0.2, 0.25) is 0 Å². The van der Waals surface area contributed by atoms with Crippen molar-refractivity contribution in [2.24, 2.45) is 11.3 Å². The van der Waals surface area contributed by atoms with Crippen LogP contribution in [0.25, 0.3) is 0 Å². The van der Waals surface area contributed by atoms with Crippen LogP contribution in [0.15, 0.2) is 28.7 Å². The molecule has 0 bridgehead atoms. The molecule has 0 aromatic heterocycles. The maximum absolute atomic E-state index is 12.7. The summed E-state index contributed by atoms with van der Waals surface area (Å²) in [7, 11) is 0. The molecular weight excluding hydrogens is 316 g/mol. The Balaban J connectivity index is 1.65. The van der Waals surface area contributed by atoms with E-state index in [1.807, 2.05) is 24.3 Å². The Morgan fingerprint density at radius 3 is 2.95 bits per heavy atom. The normalized spacial score (nSPS) is 28.9. The van der Waals surface area contributed by atoms with Gasteiger partial charge in [-0.05, 0) is 43.0 Å². The van der Waals surface area contributed by atoms with Crippen molar-refractivity contribution in [1.29, 1.82) is 0 Å². The highest BCUT2D eigenvalue weighted by Crippen LogP contribution is 2.43. The second-order valence-electron chi connectivity index (χ2n) is 6.04. The molecule has 0 radical (unpaired) electrons. The van der Waals surface area contributed by atoms with Gasteiger partial charge in [0.05, 0.1) is 5.41 Å². The molecule has 4 heteroatoms. The van der Waals surface area contributed by atoms with Crippen molar-refractivity contribution in [1.82, 2.24) is 10.6 Å². The first-order valence-electron chi connectivity index (χ1n) is 7.44. The van der Waals surface area contributed by atoms with E-state index < -0.39 is 0 Å². The van der Waals surface area contributed by atoms with E-state index in [-0.39, 0.29) is 11.3 Å². The summed E-state index contributed by atoms with van der Waals surface area (Å²) < 4.78 is 1.07. The number of rotatable bonds is 3. The fourth-order valence-electron chi connectivity index (χ4n) is 3.65. The van der Waals surface area contributed by atoms with Gasteiger partial charge in [-0.25, -0.2) is 0 Å². The molecule has 1 heterocycles. The molecule has 1 saturated carbocycles. The van der Waals surface area contributed by atoms with Crippen LogP contribution in [-0.4, -0.2) is 19.0 Å². The molecule has 3 nitrogen and oxygen atoms in total. The lowest BCUT2D eigenvalue weighted by Crippen LogP contribution is -2.47. The molecule has 1 saturated heterocycles. The average molecular weight is 337 g/mol. The smallest absolute Gasteiger partial charge is 0.228 e. The van der Waals surface area contributed by atoms with Crippen LogP contribution in [-0.2, 0) is 11.3 Å². The third-order valence-electron chi connectivity index (χ3n) is 4.86. The first kappa shape index (κ1) is 14.1. The minimum absolute atomic E-state index is 0.145. The zero-order chi connectivity index (χ0) is 14.0. The number of amides is 1. The van der Waals surface area contributed by atoms with Gasteiger partial charge >= 0.3 is 0 Å². The zero-order valence-electron chi connectivity index (χ0n) is 11.6. The van der Waals surface area contributed by atoms with Gasteiger partial charge in [0.15, 0.2) is 0 Å². The van der Waals surface area contributed by atoms with Gasteiger partial charge in [0.25, 0.3) is 0 Å².